The van der Waals surface area contributed by atoms with Gasteiger partial charge in [-0.15, -0.1) is 5.10 Å². The monoisotopic (exact) mass is 342 g/mol. The van der Waals surface area contributed by atoms with Gasteiger partial charge in [-0.05, 0) is 37.4 Å². The summed E-state index contributed by atoms with van der Waals surface area (Å²) >= 11 is 0. The number of ether oxygens (including phenoxy) is 1. The van der Waals surface area contributed by atoms with Gasteiger partial charge in [-0.25, -0.2) is 9.48 Å². The molecule has 7 heteroatoms. The number of hydrogen-bond acceptors (Lipinski definition) is 6. The Morgan fingerprint density at radius 2 is 2.04 bits per heavy atom. The number of hydrogen-bond donors (Lipinski definition) is 1. The van der Waals surface area contributed by atoms with E-state index in [-0.39, 0.29) is 6.10 Å². The molecule has 2 aromatic rings. The number of rotatable bonds is 5. The fraction of sp³-hybridized carbons (Fsp3) is 0.500. The summed E-state index contributed by atoms with van der Waals surface area (Å²) in [5.41, 5.74) is -0.779. The van der Waals surface area contributed by atoms with Crippen LogP contribution in [0.1, 0.15) is 18.4 Å². The maximum Gasteiger partial charge on any atom is 0.341 e. The molecular weight excluding hydrogens is 320 g/mol. The van der Waals surface area contributed by atoms with E-state index in [0.29, 0.717) is 11.5 Å². The predicted octanol–water partition coefficient (Wildman–Crippen LogP) is 0.651. The van der Waals surface area contributed by atoms with Crippen LogP contribution in [0.5, 0.6) is 0 Å². The number of esters is 1. The van der Waals surface area contributed by atoms with Crippen molar-refractivity contribution in [1.82, 2.24) is 19.9 Å². The third kappa shape index (κ3) is 2.73. The molecular formula is C18H22N4O3. The molecule has 1 aromatic carbocycles. The minimum absolute atomic E-state index is 0.131. The molecule has 0 aliphatic carbocycles. The lowest BCUT2D eigenvalue weighted by Crippen LogP contribution is -2.55. The number of carbonyl (C=O) groups is 1. The number of piperidine rings is 3. The standard InChI is InChI=1S/C18H22N4O3/c23-13-18(22-11-8-19-20-22,15-4-2-1-3-5-15)17(24)25-16-12-21-9-6-14(16)7-10-21/h1-5,8,11,14,16,23H,6-7,9-10,12-13H2. The summed E-state index contributed by atoms with van der Waals surface area (Å²) in [6.07, 6.45) is 5.06. The molecule has 1 N–H and O–H groups in total. The van der Waals surface area contributed by atoms with E-state index in [9.17, 15) is 9.90 Å². The summed E-state index contributed by atoms with van der Waals surface area (Å²) in [5.74, 6) is -0.0812. The van der Waals surface area contributed by atoms with Gasteiger partial charge in [-0.2, -0.15) is 0 Å². The van der Waals surface area contributed by atoms with Crippen LogP contribution in [-0.2, 0) is 15.1 Å². The van der Waals surface area contributed by atoms with Crippen molar-refractivity contribution in [2.24, 2.45) is 5.92 Å². The zero-order valence-corrected chi connectivity index (χ0v) is 14.0. The molecule has 5 rings (SSSR count). The summed E-state index contributed by atoms with van der Waals surface area (Å²) < 4.78 is 7.33. The molecule has 2 unspecified atom stereocenters. The molecule has 4 heterocycles. The van der Waals surface area contributed by atoms with Crippen LogP contribution in [0.4, 0.5) is 0 Å². The second-order valence-electron chi connectivity index (χ2n) is 6.81. The van der Waals surface area contributed by atoms with Crippen LogP contribution in [0.2, 0.25) is 0 Å². The Bertz CT molecular complexity index is 713. The van der Waals surface area contributed by atoms with Gasteiger partial charge in [0, 0.05) is 12.7 Å². The van der Waals surface area contributed by atoms with Crippen molar-refractivity contribution in [3.63, 3.8) is 0 Å². The van der Waals surface area contributed by atoms with E-state index in [1.54, 1.807) is 18.3 Å². The lowest BCUT2D eigenvalue weighted by molar-refractivity contribution is -0.170. The van der Waals surface area contributed by atoms with Crippen LogP contribution in [0.15, 0.2) is 42.7 Å². The molecule has 0 saturated carbocycles. The number of nitrogens with zero attached hydrogens (tertiary/aromatic N) is 4. The molecule has 3 saturated heterocycles. The highest BCUT2D eigenvalue weighted by atomic mass is 16.5. The zero-order chi connectivity index (χ0) is 17.3. The zero-order valence-electron chi connectivity index (χ0n) is 14.0. The molecule has 3 fully saturated rings. The molecule has 132 valence electrons. The fourth-order valence-electron chi connectivity index (χ4n) is 3.98. The first-order valence-electron chi connectivity index (χ1n) is 8.70. The number of carbonyl (C=O) groups excluding carboxylic acids is 1. The Labute approximate surface area is 146 Å². The average molecular weight is 342 g/mol. The SMILES string of the molecule is O=C(OC1CN2CCC1CC2)C(CO)(c1ccccc1)n1ccnn1. The fourth-order valence-corrected chi connectivity index (χ4v) is 3.98. The number of fused-ring (bicyclic) bond motifs is 3. The number of aromatic nitrogens is 3. The molecule has 1 aromatic heterocycles. The van der Waals surface area contributed by atoms with E-state index in [0.717, 1.165) is 32.5 Å². The van der Waals surface area contributed by atoms with Crippen molar-refractivity contribution in [3.05, 3.63) is 48.3 Å². The minimum atomic E-state index is -1.41. The van der Waals surface area contributed by atoms with Gasteiger partial charge in [0.15, 0.2) is 0 Å². The van der Waals surface area contributed by atoms with Gasteiger partial charge in [0.1, 0.15) is 6.10 Å². The summed E-state index contributed by atoms with van der Waals surface area (Å²) in [6.45, 7) is 2.47. The van der Waals surface area contributed by atoms with E-state index in [4.69, 9.17) is 4.74 Å². The Morgan fingerprint density at radius 3 is 2.60 bits per heavy atom. The molecule has 7 nitrogen and oxygen atoms in total. The van der Waals surface area contributed by atoms with Gasteiger partial charge in [-0.3, -0.25) is 4.90 Å². The van der Waals surface area contributed by atoms with Crippen LogP contribution in [-0.4, -0.2) is 63.3 Å². The van der Waals surface area contributed by atoms with E-state index < -0.39 is 18.1 Å². The van der Waals surface area contributed by atoms with Gasteiger partial charge in [0.2, 0.25) is 5.54 Å². The molecule has 3 aliphatic heterocycles. The van der Waals surface area contributed by atoms with Crippen molar-refractivity contribution in [3.8, 4) is 0 Å². The molecule has 0 amide bonds. The highest BCUT2D eigenvalue weighted by molar-refractivity contribution is 5.83. The highest BCUT2D eigenvalue weighted by Gasteiger charge is 2.47. The summed E-state index contributed by atoms with van der Waals surface area (Å²) in [6, 6.07) is 9.13. The highest BCUT2D eigenvalue weighted by Crippen LogP contribution is 2.33. The van der Waals surface area contributed by atoms with E-state index >= 15 is 0 Å². The van der Waals surface area contributed by atoms with Crippen LogP contribution < -0.4 is 0 Å². The van der Waals surface area contributed by atoms with Crippen molar-refractivity contribution >= 4 is 5.97 Å². The maximum atomic E-state index is 13.3. The average Bonchev–Trinajstić information content (AvgIpc) is 3.20. The first kappa shape index (κ1) is 16.2. The molecule has 0 spiro atoms. The number of aliphatic hydroxyl groups excluding tert-OH is 1. The smallest absolute Gasteiger partial charge is 0.341 e. The van der Waals surface area contributed by atoms with E-state index in [2.05, 4.69) is 15.2 Å². The predicted molar refractivity (Wildman–Crippen MR) is 89.7 cm³/mol. The summed E-state index contributed by atoms with van der Waals surface area (Å²) in [4.78, 5) is 15.6. The molecule has 25 heavy (non-hydrogen) atoms. The minimum Gasteiger partial charge on any atom is -0.459 e. The molecule has 2 atom stereocenters. The van der Waals surface area contributed by atoms with Crippen molar-refractivity contribution < 1.29 is 14.6 Å². The van der Waals surface area contributed by atoms with Gasteiger partial charge < -0.3 is 9.84 Å². The Kier molecular flexibility index (Phi) is 4.27. The van der Waals surface area contributed by atoms with Gasteiger partial charge >= 0.3 is 5.97 Å². The van der Waals surface area contributed by atoms with Gasteiger partial charge in [-0.1, -0.05) is 35.5 Å². The first-order valence-corrected chi connectivity index (χ1v) is 8.70. The third-order valence-electron chi connectivity index (χ3n) is 5.49. The van der Waals surface area contributed by atoms with Crippen LogP contribution in [0, 0.1) is 5.92 Å². The third-order valence-corrected chi connectivity index (χ3v) is 5.49. The quantitative estimate of drug-likeness (QED) is 0.804. The largest absolute Gasteiger partial charge is 0.459 e. The van der Waals surface area contributed by atoms with Gasteiger partial charge in [0.25, 0.3) is 0 Å². The Morgan fingerprint density at radius 1 is 1.28 bits per heavy atom. The van der Waals surface area contributed by atoms with Gasteiger partial charge in [0.05, 0.1) is 12.8 Å². The van der Waals surface area contributed by atoms with Crippen molar-refractivity contribution in [2.45, 2.75) is 24.5 Å². The first-order chi connectivity index (χ1) is 12.2. The van der Waals surface area contributed by atoms with E-state index in [1.165, 1.54) is 10.9 Å². The second-order valence-corrected chi connectivity index (χ2v) is 6.81. The lowest BCUT2D eigenvalue weighted by atomic mass is 9.85. The van der Waals surface area contributed by atoms with Crippen molar-refractivity contribution in [1.29, 1.82) is 0 Å². The Hall–Kier alpha value is -2.25. The molecule has 2 bridgehead atoms. The topological polar surface area (TPSA) is 80.5 Å². The molecule has 0 radical (unpaired) electrons. The normalized spacial score (nSPS) is 27.6. The van der Waals surface area contributed by atoms with Crippen LogP contribution in [0.3, 0.4) is 0 Å². The van der Waals surface area contributed by atoms with E-state index in [1.807, 2.05) is 18.2 Å². The second kappa shape index (κ2) is 6.57. The maximum absolute atomic E-state index is 13.3. The van der Waals surface area contributed by atoms with Crippen LogP contribution in [0.25, 0.3) is 0 Å². The number of aliphatic hydroxyl groups is 1. The summed E-state index contributed by atoms with van der Waals surface area (Å²) in [5, 5.41) is 18.0. The summed E-state index contributed by atoms with van der Waals surface area (Å²) in [7, 11) is 0. The molecule has 3 aliphatic rings. The Balaban J connectivity index is 1.67. The number of benzene rings is 1. The van der Waals surface area contributed by atoms with Crippen LogP contribution >= 0.6 is 0 Å². The van der Waals surface area contributed by atoms with Crippen molar-refractivity contribution in [2.75, 3.05) is 26.2 Å². The lowest BCUT2D eigenvalue weighted by Gasteiger charge is -2.45.